The van der Waals surface area contributed by atoms with E-state index in [1.165, 1.54) is 19.3 Å². The molecule has 0 spiro atoms. The molecule has 1 unspecified atom stereocenters. The maximum absolute atomic E-state index is 11.0. The average molecular weight is 307 g/mol. The zero-order valence-electron chi connectivity index (χ0n) is 13.8. The zero-order valence-corrected chi connectivity index (χ0v) is 13.8. The van der Waals surface area contributed by atoms with Gasteiger partial charge in [0.1, 0.15) is 18.1 Å². The molecule has 4 nitrogen and oxygen atoms in total. The van der Waals surface area contributed by atoms with Crippen molar-refractivity contribution in [2.24, 2.45) is 0 Å². The van der Waals surface area contributed by atoms with Crippen molar-refractivity contribution in [1.82, 2.24) is 5.48 Å². The second-order valence-electron chi connectivity index (χ2n) is 5.62. The minimum Gasteiger partial charge on any atom is -0.493 e. The molecular weight excluding hydrogens is 278 g/mol. The van der Waals surface area contributed by atoms with E-state index < -0.39 is 6.04 Å². The van der Waals surface area contributed by atoms with Gasteiger partial charge in [0.25, 0.3) is 0 Å². The molecule has 0 amide bonds. The molecule has 0 aromatic heterocycles. The van der Waals surface area contributed by atoms with Gasteiger partial charge in [0.15, 0.2) is 0 Å². The van der Waals surface area contributed by atoms with Crippen molar-refractivity contribution >= 4 is 6.29 Å². The minimum atomic E-state index is -0.681. The van der Waals surface area contributed by atoms with Crippen molar-refractivity contribution in [2.75, 3.05) is 6.61 Å². The van der Waals surface area contributed by atoms with Gasteiger partial charge in [-0.25, -0.2) is 0 Å². The molecule has 0 saturated heterocycles. The summed E-state index contributed by atoms with van der Waals surface area (Å²) >= 11 is 0. The fourth-order valence-electron chi connectivity index (χ4n) is 2.38. The Morgan fingerprint density at radius 3 is 2.59 bits per heavy atom. The number of aldehydes is 1. The van der Waals surface area contributed by atoms with Crippen LogP contribution in [-0.4, -0.2) is 18.1 Å². The summed E-state index contributed by atoms with van der Waals surface area (Å²) in [6.45, 7) is 5.05. The first-order valence-corrected chi connectivity index (χ1v) is 8.37. The van der Waals surface area contributed by atoms with Crippen LogP contribution in [0.4, 0.5) is 0 Å². The first kappa shape index (κ1) is 18.7. The standard InChI is InChI=1S/C18H29NO3/c1-3-5-7-8-9-16-13-15(17(14-20)19-21)10-11-18(16)22-12-6-4-2/h10-11,13-14,17,19,21H,3-9,12H2,1-2H3. The summed E-state index contributed by atoms with van der Waals surface area (Å²) in [6.07, 6.45) is 8.53. The predicted octanol–water partition coefficient (Wildman–Crippen LogP) is 4.21. The maximum Gasteiger partial charge on any atom is 0.143 e. The highest BCUT2D eigenvalue weighted by molar-refractivity contribution is 5.61. The normalized spacial score (nSPS) is 12.1. The highest BCUT2D eigenvalue weighted by Crippen LogP contribution is 2.25. The highest BCUT2D eigenvalue weighted by atomic mass is 16.5. The van der Waals surface area contributed by atoms with E-state index in [9.17, 15) is 4.79 Å². The summed E-state index contributed by atoms with van der Waals surface area (Å²) in [6, 6.07) is 5.03. The van der Waals surface area contributed by atoms with E-state index in [-0.39, 0.29) is 0 Å². The third-order valence-electron chi connectivity index (χ3n) is 3.77. The van der Waals surface area contributed by atoms with Gasteiger partial charge >= 0.3 is 0 Å². The Kier molecular flexibility index (Phi) is 9.51. The number of ether oxygens (including phenoxy) is 1. The quantitative estimate of drug-likeness (QED) is 0.345. The molecule has 22 heavy (non-hydrogen) atoms. The highest BCUT2D eigenvalue weighted by Gasteiger charge is 2.12. The summed E-state index contributed by atoms with van der Waals surface area (Å²) in [5, 5.41) is 9.05. The van der Waals surface area contributed by atoms with Crippen LogP contribution in [-0.2, 0) is 11.2 Å². The smallest absolute Gasteiger partial charge is 0.143 e. The Morgan fingerprint density at radius 2 is 1.95 bits per heavy atom. The summed E-state index contributed by atoms with van der Waals surface area (Å²) in [7, 11) is 0. The maximum atomic E-state index is 11.0. The van der Waals surface area contributed by atoms with Crippen LogP contribution in [0.3, 0.4) is 0 Å². The van der Waals surface area contributed by atoms with Gasteiger partial charge in [-0.3, -0.25) is 0 Å². The molecule has 1 atom stereocenters. The molecule has 2 N–H and O–H groups in total. The molecule has 0 aliphatic carbocycles. The number of aryl methyl sites for hydroxylation is 1. The molecule has 0 aliphatic heterocycles. The van der Waals surface area contributed by atoms with E-state index in [1.54, 1.807) is 0 Å². The largest absolute Gasteiger partial charge is 0.493 e. The number of nitrogens with one attached hydrogen (secondary N) is 1. The molecule has 0 heterocycles. The van der Waals surface area contributed by atoms with Crippen molar-refractivity contribution in [3.05, 3.63) is 29.3 Å². The second kappa shape index (κ2) is 11.2. The third kappa shape index (κ3) is 6.16. The molecule has 0 aliphatic rings. The van der Waals surface area contributed by atoms with Crippen LogP contribution in [0.5, 0.6) is 5.75 Å². The molecule has 4 heteroatoms. The molecule has 0 fully saturated rings. The van der Waals surface area contributed by atoms with Crippen LogP contribution in [0.1, 0.15) is 69.5 Å². The molecule has 0 radical (unpaired) electrons. The van der Waals surface area contributed by atoms with Gasteiger partial charge in [0.05, 0.1) is 6.61 Å². The Bertz CT molecular complexity index is 434. The van der Waals surface area contributed by atoms with Gasteiger partial charge in [0.2, 0.25) is 0 Å². The summed E-state index contributed by atoms with van der Waals surface area (Å²) in [5.74, 6) is 0.899. The topological polar surface area (TPSA) is 58.6 Å². The number of unbranched alkanes of at least 4 members (excludes halogenated alkanes) is 4. The Morgan fingerprint density at radius 1 is 1.18 bits per heavy atom. The van der Waals surface area contributed by atoms with E-state index in [2.05, 4.69) is 13.8 Å². The number of benzene rings is 1. The first-order valence-electron chi connectivity index (χ1n) is 8.37. The number of hydroxylamine groups is 1. The van der Waals surface area contributed by atoms with E-state index in [0.717, 1.165) is 42.6 Å². The molecule has 0 bridgehead atoms. The van der Waals surface area contributed by atoms with E-state index in [4.69, 9.17) is 9.94 Å². The fourth-order valence-corrected chi connectivity index (χ4v) is 2.38. The number of hydrogen-bond donors (Lipinski definition) is 2. The molecule has 0 saturated carbocycles. The minimum absolute atomic E-state index is 0.681. The van der Waals surface area contributed by atoms with E-state index >= 15 is 0 Å². The summed E-state index contributed by atoms with van der Waals surface area (Å²) in [5.41, 5.74) is 3.92. The number of carbonyl (C=O) groups excluding carboxylic acids is 1. The second-order valence-corrected chi connectivity index (χ2v) is 5.62. The van der Waals surface area contributed by atoms with Crippen molar-refractivity contribution in [3.8, 4) is 5.75 Å². The fraction of sp³-hybridized carbons (Fsp3) is 0.611. The average Bonchev–Trinajstić information content (AvgIpc) is 2.54. The Labute approximate surface area is 133 Å². The van der Waals surface area contributed by atoms with Crippen molar-refractivity contribution in [2.45, 2.75) is 64.8 Å². The number of hydrogen-bond acceptors (Lipinski definition) is 4. The number of carbonyl (C=O) groups is 1. The zero-order chi connectivity index (χ0) is 16.2. The predicted molar refractivity (Wildman–Crippen MR) is 88.4 cm³/mol. The molecule has 1 aromatic carbocycles. The number of rotatable bonds is 12. The van der Waals surface area contributed by atoms with Gasteiger partial charge in [-0.15, -0.1) is 0 Å². The Hall–Kier alpha value is -1.39. The van der Waals surface area contributed by atoms with Crippen molar-refractivity contribution in [1.29, 1.82) is 0 Å². The molecular formula is C18H29NO3. The summed E-state index contributed by atoms with van der Waals surface area (Å²) in [4.78, 5) is 11.0. The van der Waals surface area contributed by atoms with Crippen LogP contribution in [0.2, 0.25) is 0 Å². The van der Waals surface area contributed by atoms with Gasteiger partial charge in [-0.2, -0.15) is 5.48 Å². The van der Waals surface area contributed by atoms with Crippen LogP contribution in [0, 0.1) is 0 Å². The van der Waals surface area contributed by atoms with Crippen molar-refractivity contribution < 1.29 is 14.7 Å². The lowest BCUT2D eigenvalue weighted by molar-refractivity contribution is -0.111. The van der Waals surface area contributed by atoms with Gasteiger partial charge in [0, 0.05) is 0 Å². The third-order valence-corrected chi connectivity index (χ3v) is 3.77. The van der Waals surface area contributed by atoms with Crippen LogP contribution >= 0.6 is 0 Å². The summed E-state index contributed by atoms with van der Waals surface area (Å²) < 4.78 is 5.87. The van der Waals surface area contributed by atoms with Gasteiger partial charge in [-0.05, 0) is 36.5 Å². The lowest BCUT2D eigenvalue weighted by Crippen LogP contribution is -2.18. The monoisotopic (exact) mass is 307 g/mol. The molecule has 1 rings (SSSR count). The van der Waals surface area contributed by atoms with Crippen LogP contribution in [0.25, 0.3) is 0 Å². The lowest BCUT2D eigenvalue weighted by Gasteiger charge is -2.15. The molecule has 124 valence electrons. The van der Waals surface area contributed by atoms with Crippen LogP contribution < -0.4 is 10.2 Å². The lowest BCUT2D eigenvalue weighted by atomic mass is 10.00. The van der Waals surface area contributed by atoms with E-state index in [1.807, 2.05) is 23.7 Å². The first-order chi connectivity index (χ1) is 10.8. The molecule has 1 aromatic rings. The van der Waals surface area contributed by atoms with Gasteiger partial charge in [-0.1, -0.05) is 51.7 Å². The Balaban J connectivity index is 2.82. The van der Waals surface area contributed by atoms with Crippen molar-refractivity contribution in [3.63, 3.8) is 0 Å². The SMILES string of the molecule is CCCCCCc1cc(C(C=O)NO)ccc1OCCCC. The van der Waals surface area contributed by atoms with Gasteiger partial charge < -0.3 is 14.7 Å². The van der Waals surface area contributed by atoms with Crippen LogP contribution in [0.15, 0.2) is 18.2 Å². The van der Waals surface area contributed by atoms with E-state index in [0.29, 0.717) is 12.9 Å².